The smallest absolute Gasteiger partial charge is 0.248 e. The number of halogens is 1. The van der Waals surface area contributed by atoms with E-state index >= 15 is 0 Å². The van der Waals surface area contributed by atoms with Gasteiger partial charge in [-0.25, -0.2) is 13.4 Å². The molecule has 29 heavy (non-hydrogen) atoms. The maximum atomic E-state index is 13.1. The zero-order chi connectivity index (χ0) is 21.3. The van der Waals surface area contributed by atoms with E-state index in [0.717, 1.165) is 5.69 Å². The third kappa shape index (κ3) is 4.71. The SMILES string of the molecule is Cc1cc(OCC2CN(S(=O)(=O)c3c(C)nn(C)c3Cl)CCO2)nc(C(C)C)n1. The molecular weight excluding hydrogens is 418 g/mol. The Balaban J connectivity index is 1.71. The molecule has 9 nitrogen and oxygen atoms in total. The fourth-order valence-corrected chi connectivity index (χ4v) is 5.28. The first kappa shape index (κ1) is 21.9. The molecule has 1 atom stereocenters. The highest BCUT2D eigenvalue weighted by Crippen LogP contribution is 2.28. The summed E-state index contributed by atoms with van der Waals surface area (Å²) in [5.74, 6) is 1.34. The molecule has 11 heteroatoms. The van der Waals surface area contributed by atoms with Crippen LogP contribution in [0.3, 0.4) is 0 Å². The van der Waals surface area contributed by atoms with Crippen molar-refractivity contribution in [1.82, 2.24) is 24.1 Å². The van der Waals surface area contributed by atoms with Gasteiger partial charge < -0.3 is 9.47 Å². The van der Waals surface area contributed by atoms with Gasteiger partial charge in [-0.15, -0.1) is 0 Å². The molecule has 3 rings (SSSR count). The molecule has 1 aliphatic rings. The molecule has 1 fully saturated rings. The van der Waals surface area contributed by atoms with Crippen molar-refractivity contribution in [3.63, 3.8) is 0 Å². The monoisotopic (exact) mass is 443 g/mol. The number of sulfonamides is 1. The van der Waals surface area contributed by atoms with Crippen molar-refractivity contribution >= 4 is 21.6 Å². The molecule has 0 radical (unpaired) electrons. The minimum absolute atomic E-state index is 0.0382. The highest BCUT2D eigenvalue weighted by molar-refractivity contribution is 7.89. The predicted octanol–water partition coefficient (Wildman–Crippen LogP) is 2.07. The Morgan fingerprint density at radius 2 is 2.07 bits per heavy atom. The average Bonchev–Trinajstić information content (AvgIpc) is 2.92. The van der Waals surface area contributed by atoms with Crippen molar-refractivity contribution in [2.45, 2.75) is 44.6 Å². The molecule has 2 aromatic rings. The van der Waals surface area contributed by atoms with Gasteiger partial charge in [0.2, 0.25) is 15.9 Å². The van der Waals surface area contributed by atoms with Crippen molar-refractivity contribution < 1.29 is 17.9 Å². The Kier molecular flexibility index (Phi) is 6.47. The van der Waals surface area contributed by atoms with Gasteiger partial charge in [-0.1, -0.05) is 25.4 Å². The van der Waals surface area contributed by atoms with Gasteiger partial charge in [0.05, 0.1) is 12.3 Å². The standard InChI is InChI=1S/C18H26ClN5O4S/c1-11(2)18-20-12(3)8-15(21-18)28-10-14-9-24(6-7-27-14)29(25,26)16-13(4)22-23(5)17(16)19/h8,11,14H,6-7,9-10H2,1-5H3. The molecule has 0 spiro atoms. The molecule has 1 saturated heterocycles. The predicted molar refractivity (Wildman–Crippen MR) is 108 cm³/mol. The third-order valence-electron chi connectivity index (χ3n) is 4.58. The summed E-state index contributed by atoms with van der Waals surface area (Å²) in [7, 11) is -2.18. The van der Waals surface area contributed by atoms with Crippen molar-refractivity contribution in [3.05, 3.63) is 28.4 Å². The van der Waals surface area contributed by atoms with E-state index in [-0.39, 0.29) is 42.3 Å². The molecule has 0 N–H and O–H groups in total. The summed E-state index contributed by atoms with van der Waals surface area (Å²) in [4.78, 5) is 8.84. The number of aromatic nitrogens is 4. The van der Waals surface area contributed by atoms with E-state index in [1.54, 1.807) is 20.0 Å². The number of aryl methyl sites for hydroxylation is 3. The van der Waals surface area contributed by atoms with Gasteiger partial charge in [0.1, 0.15) is 28.6 Å². The highest BCUT2D eigenvalue weighted by Gasteiger charge is 2.35. The van der Waals surface area contributed by atoms with E-state index in [0.29, 0.717) is 17.4 Å². The molecule has 1 aliphatic heterocycles. The summed E-state index contributed by atoms with van der Waals surface area (Å²) in [6, 6.07) is 1.75. The van der Waals surface area contributed by atoms with Gasteiger partial charge in [0.25, 0.3) is 0 Å². The summed E-state index contributed by atoms with van der Waals surface area (Å²) >= 11 is 6.17. The van der Waals surface area contributed by atoms with Crippen LogP contribution in [0.25, 0.3) is 0 Å². The van der Waals surface area contributed by atoms with Gasteiger partial charge in [-0.05, 0) is 13.8 Å². The Morgan fingerprint density at radius 3 is 2.69 bits per heavy atom. The summed E-state index contributed by atoms with van der Waals surface area (Å²) in [5, 5.41) is 4.20. The highest BCUT2D eigenvalue weighted by atomic mass is 35.5. The van der Waals surface area contributed by atoms with Crippen LogP contribution in [-0.2, 0) is 21.8 Å². The van der Waals surface area contributed by atoms with Crippen LogP contribution in [0.1, 0.15) is 37.0 Å². The maximum Gasteiger partial charge on any atom is 0.248 e. The lowest BCUT2D eigenvalue weighted by atomic mass is 10.2. The Morgan fingerprint density at radius 1 is 1.34 bits per heavy atom. The van der Waals surface area contributed by atoms with Crippen LogP contribution in [0.2, 0.25) is 5.15 Å². The fourth-order valence-electron chi connectivity index (χ4n) is 3.12. The number of hydrogen-bond donors (Lipinski definition) is 0. The van der Waals surface area contributed by atoms with Crippen molar-refractivity contribution in [1.29, 1.82) is 0 Å². The summed E-state index contributed by atoms with van der Waals surface area (Å²) in [5.41, 5.74) is 1.18. The van der Waals surface area contributed by atoms with Crippen LogP contribution in [0.4, 0.5) is 0 Å². The normalized spacial score (nSPS) is 18.4. The van der Waals surface area contributed by atoms with E-state index in [4.69, 9.17) is 21.1 Å². The topological polar surface area (TPSA) is 99.4 Å². The number of morpholine rings is 1. The van der Waals surface area contributed by atoms with E-state index in [2.05, 4.69) is 15.1 Å². The second-order valence-corrected chi connectivity index (χ2v) is 9.59. The van der Waals surface area contributed by atoms with Gasteiger partial charge in [-0.2, -0.15) is 14.4 Å². The zero-order valence-electron chi connectivity index (χ0n) is 17.2. The maximum absolute atomic E-state index is 13.1. The first-order valence-electron chi connectivity index (χ1n) is 9.38. The van der Waals surface area contributed by atoms with Crippen LogP contribution in [-0.4, -0.2) is 64.9 Å². The van der Waals surface area contributed by atoms with Crippen molar-refractivity contribution in [2.75, 3.05) is 26.3 Å². The number of hydrogen-bond acceptors (Lipinski definition) is 7. The lowest BCUT2D eigenvalue weighted by molar-refractivity contribution is -0.0257. The first-order valence-corrected chi connectivity index (χ1v) is 11.2. The number of ether oxygens (including phenoxy) is 2. The summed E-state index contributed by atoms with van der Waals surface area (Å²) < 4.78 is 40.4. The average molecular weight is 444 g/mol. The van der Waals surface area contributed by atoms with E-state index < -0.39 is 16.1 Å². The van der Waals surface area contributed by atoms with Gasteiger partial charge in [0.15, 0.2) is 0 Å². The van der Waals surface area contributed by atoms with Gasteiger partial charge >= 0.3 is 0 Å². The molecule has 0 aliphatic carbocycles. The van der Waals surface area contributed by atoms with E-state index in [1.165, 1.54) is 8.99 Å². The van der Waals surface area contributed by atoms with Crippen LogP contribution < -0.4 is 4.74 Å². The zero-order valence-corrected chi connectivity index (χ0v) is 18.8. The van der Waals surface area contributed by atoms with Gasteiger partial charge in [0, 0.05) is 37.8 Å². The minimum atomic E-state index is -3.79. The van der Waals surface area contributed by atoms with Crippen LogP contribution in [0.15, 0.2) is 11.0 Å². The first-order chi connectivity index (χ1) is 13.6. The van der Waals surface area contributed by atoms with Crippen molar-refractivity contribution in [2.24, 2.45) is 7.05 Å². The Labute approximate surface area is 176 Å². The Bertz CT molecular complexity index is 992. The van der Waals surface area contributed by atoms with Gasteiger partial charge in [-0.3, -0.25) is 4.68 Å². The second-order valence-electron chi connectivity index (χ2n) is 7.36. The molecule has 3 heterocycles. The molecule has 160 valence electrons. The summed E-state index contributed by atoms with van der Waals surface area (Å²) in [6.07, 6.45) is -0.424. The number of nitrogens with zero attached hydrogens (tertiary/aromatic N) is 5. The molecule has 0 saturated carbocycles. The second kappa shape index (κ2) is 8.55. The molecule has 2 aromatic heterocycles. The summed E-state index contributed by atoms with van der Waals surface area (Å²) in [6.45, 7) is 8.38. The van der Waals surface area contributed by atoms with E-state index in [9.17, 15) is 8.42 Å². The molecule has 1 unspecified atom stereocenters. The van der Waals surface area contributed by atoms with Crippen molar-refractivity contribution in [3.8, 4) is 5.88 Å². The Hall–Kier alpha value is -1.75. The largest absolute Gasteiger partial charge is 0.475 e. The third-order valence-corrected chi connectivity index (χ3v) is 7.14. The van der Waals surface area contributed by atoms with Crippen LogP contribution in [0, 0.1) is 13.8 Å². The van der Waals surface area contributed by atoms with Crippen LogP contribution in [0.5, 0.6) is 5.88 Å². The quantitative estimate of drug-likeness (QED) is 0.673. The molecule has 0 amide bonds. The lowest BCUT2D eigenvalue weighted by Gasteiger charge is -2.31. The number of rotatable bonds is 6. The molecular formula is C18H26ClN5O4S. The molecule has 0 aromatic carbocycles. The molecule has 0 bridgehead atoms. The van der Waals surface area contributed by atoms with E-state index in [1.807, 2.05) is 20.8 Å². The minimum Gasteiger partial charge on any atom is -0.475 e. The van der Waals surface area contributed by atoms with Crippen LogP contribution >= 0.6 is 11.6 Å². The lowest BCUT2D eigenvalue weighted by Crippen LogP contribution is -2.47. The fraction of sp³-hybridized carbons (Fsp3) is 0.611.